The quantitative estimate of drug-likeness (QED) is 0.653. The van der Waals surface area contributed by atoms with Gasteiger partial charge in [0.1, 0.15) is 23.0 Å². The van der Waals surface area contributed by atoms with E-state index in [4.69, 9.17) is 4.74 Å². The number of hydrogen-bond acceptors (Lipinski definition) is 4. The van der Waals surface area contributed by atoms with Gasteiger partial charge in [-0.1, -0.05) is 39.8 Å². The van der Waals surface area contributed by atoms with Gasteiger partial charge in [-0.15, -0.1) is 11.3 Å². The van der Waals surface area contributed by atoms with Gasteiger partial charge in [-0.3, -0.25) is 9.36 Å². The minimum Gasteiger partial charge on any atom is -0.492 e. The van der Waals surface area contributed by atoms with E-state index in [1.54, 1.807) is 15.9 Å². The van der Waals surface area contributed by atoms with Gasteiger partial charge in [0.15, 0.2) is 0 Å². The SMILES string of the molecule is CCc1cc2c(=O)n(CCOc3ccc(C(C)(C)C)cc3)c(C)nc2s1. The number of thiophene rings is 1. The highest BCUT2D eigenvalue weighted by molar-refractivity contribution is 7.18. The molecule has 0 amide bonds. The summed E-state index contributed by atoms with van der Waals surface area (Å²) in [5.41, 5.74) is 1.42. The van der Waals surface area contributed by atoms with Gasteiger partial charge in [-0.2, -0.15) is 0 Å². The van der Waals surface area contributed by atoms with Gasteiger partial charge >= 0.3 is 0 Å². The summed E-state index contributed by atoms with van der Waals surface area (Å²) in [5, 5.41) is 0.715. The summed E-state index contributed by atoms with van der Waals surface area (Å²) in [7, 11) is 0. The maximum absolute atomic E-state index is 12.8. The summed E-state index contributed by atoms with van der Waals surface area (Å²) in [6, 6.07) is 10.1. The van der Waals surface area contributed by atoms with Crippen molar-refractivity contribution in [3.05, 3.63) is 57.0 Å². The fourth-order valence-corrected chi connectivity index (χ4v) is 3.91. The van der Waals surface area contributed by atoms with Crippen molar-refractivity contribution in [2.45, 2.75) is 53.0 Å². The van der Waals surface area contributed by atoms with E-state index in [1.807, 2.05) is 25.1 Å². The second kappa shape index (κ2) is 7.23. The first-order valence-corrected chi connectivity index (χ1v) is 9.84. The van der Waals surface area contributed by atoms with Crippen LogP contribution < -0.4 is 10.3 Å². The van der Waals surface area contributed by atoms with Gasteiger partial charge < -0.3 is 4.74 Å². The number of hydrogen-bond donors (Lipinski definition) is 0. The minimum atomic E-state index is 0.0233. The molecule has 0 aliphatic carbocycles. The lowest BCUT2D eigenvalue weighted by Crippen LogP contribution is -2.26. The molecule has 0 aliphatic rings. The average molecular weight is 371 g/mol. The summed E-state index contributed by atoms with van der Waals surface area (Å²) in [5.74, 6) is 1.56. The molecule has 2 aromatic heterocycles. The molecule has 0 bridgehead atoms. The van der Waals surface area contributed by atoms with Crippen LogP contribution in [0.4, 0.5) is 0 Å². The van der Waals surface area contributed by atoms with E-state index in [0.717, 1.165) is 22.8 Å². The number of nitrogens with zero attached hydrogens (tertiary/aromatic N) is 2. The van der Waals surface area contributed by atoms with Crippen LogP contribution in [0.1, 0.15) is 44.0 Å². The zero-order valence-corrected chi connectivity index (χ0v) is 16.9. The smallest absolute Gasteiger partial charge is 0.262 e. The Morgan fingerprint density at radius 2 is 1.88 bits per heavy atom. The van der Waals surface area contributed by atoms with Gasteiger partial charge in [0.25, 0.3) is 5.56 Å². The fraction of sp³-hybridized carbons (Fsp3) is 0.429. The Morgan fingerprint density at radius 3 is 2.50 bits per heavy atom. The molecule has 0 saturated heterocycles. The lowest BCUT2D eigenvalue weighted by Gasteiger charge is -2.19. The number of fused-ring (bicyclic) bond motifs is 1. The van der Waals surface area contributed by atoms with Crippen LogP contribution in [0.3, 0.4) is 0 Å². The van der Waals surface area contributed by atoms with Crippen LogP contribution in [0.2, 0.25) is 0 Å². The van der Waals surface area contributed by atoms with E-state index in [2.05, 4.69) is 44.8 Å². The van der Waals surface area contributed by atoms with Crippen LogP contribution in [-0.2, 0) is 18.4 Å². The lowest BCUT2D eigenvalue weighted by atomic mass is 9.87. The van der Waals surface area contributed by atoms with Crippen molar-refractivity contribution in [1.29, 1.82) is 0 Å². The molecule has 0 radical (unpaired) electrons. The third-order valence-corrected chi connectivity index (χ3v) is 5.72. The molecular weight excluding hydrogens is 344 g/mol. The van der Waals surface area contributed by atoms with Crippen LogP contribution >= 0.6 is 11.3 Å². The summed E-state index contributed by atoms with van der Waals surface area (Å²) in [4.78, 5) is 19.4. The Bertz CT molecular complexity index is 963. The average Bonchev–Trinajstić information content (AvgIpc) is 3.00. The van der Waals surface area contributed by atoms with E-state index in [-0.39, 0.29) is 11.0 Å². The standard InChI is InChI=1S/C21H26N2O2S/c1-6-17-13-18-19(26-17)22-14(2)23(20(18)24)11-12-25-16-9-7-15(8-10-16)21(3,4)5/h7-10,13H,6,11-12H2,1-5H3. The van der Waals surface area contributed by atoms with Gasteiger partial charge in [0.2, 0.25) is 0 Å². The zero-order chi connectivity index (χ0) is 18.9. The van der Waals surface area contributed by atoms with Gasteiger partial charge in [0, 0.05) is 4.88 Å². The van der Waals surface area contributed by atoms with Gasteiger partial charge in [-0.25, -0.2) is 4.98 Å². The Balaban J connectivity index is 1.73. The van der Waals surface area contributed by atoms with Crippen LogP contribution in [0, 0.1) is 6.92 Å². The molecule has 1 aromatic carbocycles. The maximum atomic E-state index is 12.8. The second-order valence-corrected chi connectivity index (χ2v) is 8.64. The van der Waals surface area contributed by atoms with Crippen molar-refractivity contribution in [2.75, 3.05) is 6.61 Å². The van der Waals surface area contributed by atoms with Crippen molar-refractivity contribution in [3.63, 3.8) is 0 Å². The third-order valence-electron chi connectivity index (χ3n) is 4.55. The lowest BCUT2D eigenvalue weighted by molar-refractivity contribution is 0.294. The van der Waals surface area contributed by atoms with Crippen LogP contribution in [0.5, 0.6) is 5.75 Å². The van der Waals surface area contributed by atoms with E-state index in [1.165, 1.54) is 10.4 Å². The zero-order valence-electron chi connectivity index (χ0n) is 16.1. The highest BCUT2D eigenvalue weighted by Gasteiger charge is 2.13. The van der Waals surface area contributed by atoms with Crippen molar-refractivity contribution in [3.8, 4) is 5.75 Å². The fourth-order valence-electron chi connectivity index (χ4n) is 2.91. The summed E-state index contributed by atoms with van der Waals surface area (Å²) >= 11 is 1.60. The van der Waals surface area contributed by atoms with Crippen LogP contribution in [0.15, 0.2) is 35.1 Å². The van der Waals surface area contributed by atoms with E-state index >= 15 is 0 Å². The normalized spacial score (nSPS) is 11.9. The topological polar surface area (TPSA) is 44.1 Å². The number of benzene rings is 1. The molecule has 0 atom stereocenters. The van der Waals surface area contributed by atoms with Crippen molar-refractivity contribution in [2.24, 2.45) is 0 Å². The number of aromatic nitrogens is 2. The minimum absolute atomic E-state index is 0.0233. The molecule has 0 spiro atoms. The Kier molecular flexibility index (Phi) is 5.19. The molecule has 3 aromatic rings. The molecule has 0 saturated carbocycles. The Labute approximate surface area is 158 Å². The highest BCUT2D eigenvalue weighted by Crippen LogP contribution is 2.24. The van der Waals surface area contributed by atoms with E-state index < -0.39 is 0 Å². The van der Waals surface area contributed by atoms with Crippen molar-refractivity contribution < 1.29 is 4.74 Å². The monoisotopic (exact) mass is 370 g/mol. The first-order chi connectivity index (χ1) is 12.3. The molecule has 2 heterocycles. The molecule has 138 valence electrons. The Hall–Kier alpha value is -2.14. The molecule has 26 heavy (non-hydrogen) atoms. The Morgan fingerprint density at radius 1 is 1.19 bits per heavy atom. The first-order valence-electron chi connectivity index (χ1n) is 9.03. The van der Waals surface area contributed by atoms with E-state index in [9.17, 15) is 4.79 Å². The van der Waals surface area contributed by atoms with Crippen LogP contribution in [0.25, 0.3) is 10.2 Å². The first kappa shape index (κ1) is 18.6. The third kappa shape index (κ3) is 3.83. The van der Waals surface area contributed by atoms with Crippen molar-refractivity contribution in [1.82, 2.24) is 9.55 Å². The molecule has 4 nitrogen and oxygen atoms in total. The molecule has 0 N–H and O–H groups in total. The molecular formula is C21H26N2O2S. The highest BCUT2D eigenvalue weighted by atomic mass is 32.1. The van der Waals surface area contributed by atoms with Gasteiger partial charge in [0.05, 0.1) is 11.9 Å². The maximum Gasteiger partial charge on any atom is 0.262 e. The number of ether oxygens (including phenoxy) is 1. The second-order valence-electron chi connectivity index (χ2n) is 7.52. The summed E-state index contributed by atoms with van der Waals surface area (Å²) in [6.45, 7) is 11.5. The van der Waals surface area contributed by atoms with Gasteiger partial charge in [-0.05, 0) is 42.5 Å². The van der Waals surface area contributed by atoms with E-state index in [0.29, 0.717) is 18.5 Å². The molecule has 3 rings (SSSR count). The summed E-state index contributed by atoms with van der Waals surface area (Å²) < 4.78 is 7.55. The van der Waals surface area contributed by atoms with Crippen LogP contribution in [-0.4, -0.2) is 16.2 Å². The number of aryl methyl sites for hydroxylation is 2. The number of rotatable bonds is 5. The molecule has 0 aliphatic heterocycles. The summed E-state index contributed by atoms with van der Waals surface area (Å²) in [6.07, 6.45) is 0.924. The largest absolute Gasteiger partial charge is 0.492 e. The molecule has 5 heteroatoms. The predicted octanol–water partition coefficient (Wildman–Crippen LogP) is 4.71. The molecule has 0 fully saturated rings. The van der Waals surface area contributed by atoms with Crippen molar-refractivity contribution >= 4 is 21.6 Å². The predicted molar refractivity (Wildman–Crippen MR) is 109 cm³/mol. The molecule has 0 unspecified atom stereocenters.